The van der Waals surface area contributed by atoms with Gasteiger partial charge in [0.25, 0.3) is 0 Å². The van der Waals surface area contributed by atoms with Gasteiger partial charge in [0.1, 0.15) is 0 Å². The minimum absolute atomic E-state index is 0.319. The molecule has 0 aliphatic rings. The highest BCUT2D eigenvalue weighted by molar-refractivity contribution is 9.10. The van der Waals surface area contributed by atoms with Crippen molar-refractivity contribution >= 4 is 27.6 Å². The molecule has 0 aromatic heterocycles. The lowest BCUT2D eigenvalue weighted by atomic mass is 9.89. The third-order valence-electron chi connectivity index (χ3n) is 2.98. The van der Waals surface area contributed by atoms with E-state index in [9.17, 15) is 4.79 Å². The van der Waals surface area contributed by atoms with E-state index < -0.39 is 0 Å². The fraction of sp³-hybridized carbons (Fsp3) is 0.467. The number of hydrogen-bond acceptors (Lipinski definition) is 4. The van der Waals surface area contributed by atoms with E-state index >= 15 is 0 Å². The summed E-state index contributed by atoms with van der Waals surface area (Å²) in [5, 5.41) is 8.89. The van der Waals surface area contributed by atoms with Gasteiger partial charge in [0, 0.05) is 5.69 Å². The Labute approximate surface area is 128 Å². The van der Waals surface area contributed by atoms with Gasteiger partial charge in [-0.3, -0.25) is 0 Å². The van der Waals surface area contributed by atoms with Crippen molar-refractivity contribution in [2.45, 2.75) is 33.1 Å². The van der Waals surface area contributed by atoms with Gasteiger partial charge in [-0.15, -0.1) is 0 Å². The molecule has 0 radical (unpaired) electrons. The van der Waals surface area contributed by atoms with Crippen LogP contribution in [0.5, 0.6) is 0 Å². The van der Waals surface area contributed by atoms with Crippen molar-refractivity contribution in [2.75, 3.05) is 12.3 Å². The minimum atomic E-state index is -0.385. The van der Waals surface area contributed by atoms with E-state index in [0.29, 0.717) is 22.3 Å². The van der Waals surface area contributed by atoms with E-state index in [4.69, 9.17) is 15.7 Å². The molecule has 1 rings (SSSR count). The standard InChI is InChI=1S/C15H19BrN2O2/c1-15(2,10-17)8-3-4-9-20-14(19)11-6-5-7-12(18)13(11)16/h5-7H,3-4,8-9,18H2,1-2H3. The van der Waals surface area contributed by atoms with Gasteiger partial charge >= 0.3 is 5.97 Å². The van der Waals surface area contributed by atoms with E-state index in [-0.39, 0.29) is 11.4 Å². The van der Waals surface area contributed by atoms with Gasteiger partial charge in [-0.05, 0) is 61.2 Å². The fourth-order valence-electron chi connectivity index (χ4n) is 1.68. The van der Waals surface area contributed by atoms with Crippen LogP contribution in [0.15, 0.2) is 22.7 Å². The van der Waals surface area contributed by atoms with Crippen molar-refractivity contribution in [1.29, 1.82) is 5.26 Å². The van der Waals surface area contributed by atoms with Crippen LogP contribution in [0.3, 0.4) is 0 Å². The summed E-state index contributed by atoms with van der Waals surface area (Å²) in [5.41, 5.74) is 6.34. The second kappa shape index (κ2) is 7.30. The average Bonchev–Trinajstić information content (AvgIpc) is 2.41. The number of nitrogens with two attached hydrogens (primary N) is 1. The molecule has 0 spiro atoms. The number of esters is 1. The first-order valence-electron chi connectivity index (χ1n) is 6.50. The average molecular weight is 339 g/mol. The highest BCUT2D eigenvalue weighted by Gasteiger charge is 2.16. The van der Waals surface area contributed by atoms with Crippen molar-refractivity contribution < 1.29 is 9.53 Å². The lowest BCUT2D eigenvalue weighted by molar-refractivity contribution is 0.0495. The third kappa shape index (κ3) is 4.86. The van der Waals surface area contributed by atoms with Crippen LogP contribution >= 0.6 is 15.9 Å². The molecule has 0 aliphatic carbocycles. The Bertz CT molecular complexity index is 521. The molecule has 1 aromatic rings. The van der Waals surface area contributed by atoms with E-state index in [2.05, 4.69) is 22.0 Å². The number of unbranched alkanes of at least 4 members (excludes halogenated alkanes) is 1. The number of nitriles is 1. The van der Waals surface area contributed by atoms with Crippen molar-refractivity contribution in [3.05, 3.63) is 28.2 Å². The second-order valence-corrected chi connectivity index (χ2v) is 6.09. The first kappa shape index (κ1) is 16.5. The van der Waals surface area contributed by atoms with Gasteiger partial charge in [-0.2, -0.15) is 5.26 Å². The van der Waals surface area contributed by atoms with Crippen molar-refractivity contribution in [3.63, 3.8) is 0 Å². The number of carbonyl (C=O) groups is 1. The Morgan fingerprint density at radius 2 is 2.15 bits per heavy atom. The molecular formula is C15H19BrN2O2. The summed E-state index contributed by atoms with van der Waals surface area (Å²) in [6.45, 7) is 4.16. The van der Waals surface area contributed by atoms with Crippen LogP contribution in [0.25, 0.3) is 0 Å². The highest BCUT2D eigenvalue weighted by atomic mass is 79.9. The molecule has 1 aromatic carbocycles. The lowest BCUT2D eigenvalue weighted by Gasteiger charge is -2.14. The summed E-state index contributed by atoms with van der Waals surface area (Å²) < 4.78 is 5.77. The van der Waals surface area contributed by atoms with Crippen LogP contribution in [0.2, 0.25) is 0 Å². The number of rotatable bonds is 6. The zero-order valence-corrected chi connectivity index (χ0v) is 13.4. The molecule has 0 fully saturated rings. The molecule has 0 unspecified atom stereocenters. The summed E-state index contributed by atoms with van der Waals surface area (Å²) in [7, 11) is 0. The summed E-state index contributed by atoms with van der Waals surface area (Å²) in [4.78, 5) is 11.9. The van der Waals surface area contributed by atoms with Crippen LogP contribution in [-0.4, -0.2) is 12.6 Å². The lowest BCUT2D eigenvalue weighted by Crippen LogP contribution is -2.10. The molecule has 0 aliphatic heterocycles. The number of halogens is 1. The van der Waals surface area contributed by atoms with E-state index in [1.807, 2.05) is 13.8 Å². The van der Waals surface area contributed by atoms with Crippen molar-refractivity contribution in [1.82, 2.24) is 0 Å². The second-order valence-electron chi connectivity index (χ2n) is 5.30. The van der Waals surface area contributed by atoms with Crippen LogP contribution < -0.4 is 5.73 Å². The maximum Gasteiger partial charge on any atom is 0.339 e. The Morgan fingerprint density at radius 3 is 2.80 bits per heavy atom. The Morgan fingerprint density at radius 1 is 1.45 bits per heavy atom. The Balaban J connectivity index is 2.38. The van der Waals surface area contributed by atoms with Crippen LogP contribution in [0.4, 0.5) is 5.69 Å². The smallest absolute Gasteiger partial charge is 0.339 e. The zero-order valence-electron chi connectivity index (χ0n) is 11.8. The molecule has 0 saturated heterocycles. The van der Waals surface area contributed by atoms with Crippen LogP contribution in [-0.2, 0) is 4.74 Å². The van der Waals surface area contributed by atoms with Crippen LogP contribution in [0.1, 0.15) is 43.5 Å². The first-order valence-corrected chi connectivity index (χ1v) is 7.29. The molecule has 2 N–H and O–H groups in total. The van der Waals surface area contributed by atoms with Gasteiger partial charge in [-0.1, -0.05) is 6.07 Å². The molecule has 108 valence electrons. The monoisotopic (exact) mass is 338 g/mol. The summed E-state index contributed by atoms with van der Waals surface area (Å²) >= 11 is 3.28. The topological polar surface area (TPSA) is 76.1 Å². The maximum atomic E-state index is 11.9. The summed E-state index contributed by atoms with van der Waals surface area (Å²) in [6.07, 6.45) is 2.39. The van der Waals surface area contributed by atoms with E-state index in [0.717, 1.165) is 19.3 Å². The number of benzene rings is 1. The van der Waals surface area contributed by atoms with Gasteiger partial charge in [-0.25, -0.2) is 4.79 Å². The van der Waals surface area contributed by atoms with E-state index in [1.165, 1.54) is 0 Å². The number of anilines is 1. The SMILES string of the molecule is CC(C)(C#N)CCCCOC(=O)c1cccc(N)c1Br. The minimum Gasteiger partial charge on any atom is -0.462 e. The molecule has 5 heteroatoms. The predicted molar refractivity (Wildman–Crippen MR) is 82.1 cm³/mol. The number of nitrogens with zero attached hydrogens (tertiary/aromatic N) is 1. The van der Waals surface area contributed by atoms with Gasteiger partial charge in [0.15, 0.2) is 0 Å². The zero-order chi connectivity index (χ0) is 15.2. The van der Waals surface area contributed by atoms with Gasteiger partial charge < -0.3 is 10.5 Å². The Kier molecular flexibility index (Phi) is 6.03. The summed E-state index contributed by atoms with van der Waals surface area (Å²) in [6, 6.07) is 7.35. The molecule has 20 heavy (non-hydrogen) atoms. The number of hydrogen-bond donors (Lipinski definition) is 1. The molecule has 0 saturated carbocycles. The molecule has 0 amide bonds. The summed E-state index contributed by atoms with van der Waals surface area (Å²) in [5.74, 6) is -0.385. The van der Waals surface area contributed by atoms with Crippen LogP contribution in [0, 0.1) is 16.7 Å². The third-order valence-corrected chi connectivity index (χ3v) is 3.87. The van der Waals surface area contributed by atoms with Gasteiger partial charge in [0.05, 0.1) is 28.1 Å². The van der Waals surface area contributed by atoms with E-state index in [1.54, 1.807) is 18.2 Å². The molecule has 0 heterocycles. The normalized spacial score (nSPS) is 10.9. The highest BCUT2D eigenvalue weighted by Crippen LogP contribution is 2.25. The van der Waals surface area contributed by atoms with Gasteiger partial charge in [0.2, 0.25) is 0 Å². The maximum absolute atomic E-state index is 11.9. The largest absolute Gasteiger partial charge is 0.462 e. The fourth-order valence-corrected chi connectivity index (χ4v) is 2.10. The molecule has 0 bridgehead atoms. The quantitative estimate of drug-likeness (QED) is 0.484. The first-order chi connectivity index (χ1) is 9.37. The molecule has 4 nitrogen and oxygen atoms in total. The number of ether oxygens (including phenoxy) is 1. The Hall–Kier alpha value is -1.54. The number of carbonyl (C=O) groups excluding carboxylic acids is 1. The predicted octanol–water partition coefficient (Wildman–Crippen LogP) is 3.91. The van der Waals surface area contributed by atoms with Crippen molar-refractivity contribution in [3.8, 4) is 6.07 Å². The number of nitrogen functional groups attached to an aromatic ring is 1. The van der Waals surface area contributed by atoms with Crippen molar-refractivity contribution in [2.24, 2.45) is 5.41 Å². The molecule has 0 atom stereocenters. The molecular weight excluding hydrogens is 320 g/mol.